The van der Waals surface area contributed by atoms with Gasteiger partial charge in [-0.3, -0.25) is 0 Å². The summed E-state index contributed by atoms with van der Waals surface area (Å²) in [5.41, 5.74) is 0.603. The van der Waals surface area contributed by atoms with Crippen molar-refractivity contribution in [2.75, 3.05) is 33.7 Å². The molecule has 0 saturated heterocycles. The third-order valence-corrected chi connectivity index (χ3v) is 6.64. The highest BCUT2D eigenvalue weighted by molar-refractivity contribution is 7.91. The SMILES string of the molecule is CN(C)CCCNS(=O)(=O)c1sc2c(c1C(=O)O)CCNC2. The maximum absolute atomic E-state index is 12.4. The van der Waals surface area contributed by atoms with Crippen LogP contribution in [0.25, 0.3) is 0 Å². The highest BCUT2D eigenvalue weighted by Gasteiger charge is 2.31. The van der Waals surface area contributed by atoms with Gasteiger partial charge in [-0.2, -0.15) is 0 Å². The minimum absolute atomic E-state index is 0.0541. The Labute approximate surface area is 134 Å². The van der Waals surface area contributed by atoms with Crippen LogP contribution < -0.4 is 10.0 Å². The Morgan fingerprint density at radius 2 is 2.18 bits per heavy atom. The minimum atomic E-state index is -3.79. The molecule has 0 unspecified atom stereocenters. The van der Waals surface area contributed by atoms with Crippen LogP contribution in [0.1, 0.15) is 27.2 Å². The maximum atomic E-state index is 12.4. The van der Waals surface area contributed by atoms with E-state index in [1.165, 1.54) is 0 Å². The molecule has 0 bridgehead atoms. The lowest BCUT2D eigenvalue weighted by Crippen LogP contribution is -2.28. The number of carbonyl (C=O) groups is 1. The van der Waals surface area contributed by atoms with Crippen LogP contribution in [0.3, 0.4) is 0 Å². The van der Waals surface area contributed by atoms with Crippen LogP contribution in [0.15, 0.2) is 4.21 Å². The fourth-order valence-corrected chi connectivity index (χ4v) is 5.36. The van der Waals surface area contributed by atoms with Crippen LogP contribution in [-0.2, 0) is 23.0 Å². The predicted molar refractivity (Wildman–Crippen MR) is 85.0 cm³/mol. The maximum Gasteiger partial charge on any atom is 0.338 e. The van der Waals surface area contributed by atoms with Crippen LogP contribution in [0, 0.1) is 0 Å². The van der Waals surface area contributed by atoms with Crippen LogP contribution in [-0.4, -0.2) is 58.1 Å². The summed E-state index contributed by atoms with van der Waals surface area (Å²) in [6.45, 7) is 2.25. The third-order valence-electron chi connectivity index (χ3n) is 3.43. The summed E-state index contributed by atoms with van der Waals surface area (Å²) in [6.07, 6.45) is 1.21. The molecule has 0 spiro atoms. The van der Waals surface area contributed by atoms with E-state index < -0.39 is 16.0 Å². The van der Waals surface area contributed by atoms with Gasteiger partial charge in [0.05, 0.1) is 5.56 Å². The molecule has 1 aromatic heterocycles. The Morgan fingerprint density at radius 1 is 1.45 bits per heavy atom. The van der Waals surface area contributed by atoms with Crippen molar-refractivity contribution in [2.24, 2.45) is 0 Å². The van der Waals surface area contributed by atoms with Gasteiger partial charge < -0.3 is 15.3 Å². The normalized spacial score (nSPS) is 15.0. The molecule has 1 aromatic rings. The lowest BCUT2D eigenvalue weighted by molar-refractivity contribution is 0.0692. The van der Waals surface area contributed by atoms with E-state index in [0.717, 1.165) is 22.8 Å². The molecule has 0 atom stereocenters. The Hall–Kier alpha value is -1.00. The molecule has 0 fully saturated rings. The van der Waals surface area contributed by atoms with Crippen LogP contribution >= 0.6 is 11.3 Å². The molecule has 0 aliphatic carbocycles. The van der Waals surface area contributed by atoms with Crippen molar-refractivity contribution >= 4 is 27.3 Å². The molecule has 2 rings (SSSR count). The average molecular weight is 347 g/mol. The van der Waals surface area contributed by atoms with Gasteiger partial charge >= 0.3 is 5.97 Å². The second kappa shape index (κ2) is 7.05. The zero-order chi connectivity index (χ0) is 16.3. The first-order chi connectivity index (χ1) is 10.3. The van der Waals surface area contributed by atoms with E-state index >= 15 is 0 Å². The highest BCUT2D eigenvalue weighted by atomic mass is 32.2. The quantitative estimate of drug-likeness (QED) is 0.615. The molecule has 22 heavy (non-hydrogen) atoms. The lowest BCUT2D eigenvalue weighted by Gasteiger charge is -2.12. The van der Waals surface area contributed by atoms with Gasteiger partial charge in [-0.15, -0.1) is 11.3 Å². The summed E-state index contributed by atoms with van der Waals surface area (Å²) in [4.78, 5) is 14.3. The number of rotatable bonds is 7. The monoisotopic (exact) mass is 347 g/mol. The molecule has 0 saturated carbocycles. The molecule has 1 aliphatic heterocycles. The van der Waals surface area contributed by atoms with E-state index in [9.17, 15) is 18.3 Å². The van der Waals surface area contributed by atoms with Crippen LogP contribution in [0.5, 0.6) is 0 Å². The molecular weight excluding hydrogens is 326 g/mol. The summed E-state index contributed by atoms with van der Waals surface area (Å²) in [5.74, 6) is -1.17. The van der Waals surface area contributed by atoms with Gasteiger partial charge in [-0.05, 0) is 45.6 Å². The zero-order valence-corrected chi connectivity index (χ0v) is 14.3. The molecule has 7 nitrogen and oxygen atoms in total. The number of carboxylic acids is 1. The Kier molecular flexibility index (Phi) is 5.56. The average Bonchev–Trinajstić information content (AvgIpc) is 2.84. The van der Waals surface area contributed by atoms with Gasteiger partial charge in [-0.25, -0.2) is 17.9 Å². The van der Waals surface area contributed by atoms with Crippen molar-refractivity contribution in [2.45, 2.75) is 23.6 Å². The molecule has 3 N–H and O–H groups in total. The fraction of sp³-hybridized carbons (Fsp3) is 0.615. The number of fused-ring (bicyclic) bond motifs is 1. The second-order valence-electron chi connectivity index (χ2n) is 5.45. The third kappa shape index (κ3) is 3.85. The van der Waals surface area contributed by atoms with E-state index in [4.69, 9.17) is 0 Å². The van der Waals surface area contributed by atoms with Crippen molar-refractivity contribution in [3.8, 4) is 0 Å². The molecule has 0 radical (unpaired) electrons. The molecule has 0 aromatic carbocycles. The molecule has 1 aliphatic rings. The molecule has 0 amide bonds. The molecular formula is C13H21N3O4S2. The molecule has 124 valence electrons. The fourth-order valence-electron chi connectivity index (χ4n) is 2.38. The number of nitrogens with one attached hydrogen (secondary N) is 2. The number of aromatic carboxylic acids is 1. The Balaban J connectivity index is 2.23. The van der Waals surface area contributed by atoms with Crippen molar-refractivity contribution in [3.63, 3.8) is 0 Å². The standard InChI is InChI=1S/C13H21N3O4S2/c1-16(2)7-3-5-15-22(19,20)13-11(12(17)18)9-4-6-14-8-10(9)21-13/h14-15H,3-8H2,1-2H3,(H,17,18). The van der Waals surface area contributed by atoms with Crippen LogP contribution in [0.2, 0.25) is 0 Å². The van der Waals surface area contributed by atoms with Gasteiger partial charge in [0.15, 0.2) is 0 Å². The topological polar surface area (TPSA) is 98.7 Å². The molecule has 9 heteroatoms. The predicted octanol–water partition coefficient (Wildman–Crippen LogP) is 0.322. The molecule has 2 heterocycles. The van der Waals surface area contributed by atoms with E-state index in [-0.39, 0.29) is 9.77 Å². The summed E-state index contributed by atoms with van der Waals surface area (Å²) < 4.78 is 27.3. The van der Waals surface area contributed by atoms with E-state index in [1.807, 2.05) is 19.0 Å². The van der Waals surface area contributed by atoms with Gasteiger partial charge in [0.25, 0.3) is 10.0 Å². The van der Waals surface area contributed by atoms with E-state index in [0.29, 0.717) is 38.0 Å². The van der Waals surface area contributed by atoms with Gasteiger partial charge in [-0.1, -0.05) is 0 Å². The first kappa shape index (κ1) is 17.4. The van der Waals surface area contributed by atoms with Crippen molar-refractivity contribution in [3.05, 3.63) is 16.0 Å². The van der Waals surface area contributed by atoms with Crippen molar-refractivity contribution < 1.29 is 18.3 Å². The number of carboxylic acid groups (broad SMARTS) is 1. The summed E-state index contributed by atoms with van der Waals surface area (Å²) in [5, 5.41) is 12.5. The van der Waals surface area contributed by atoms with Crippen molar-refractivity contribution in [1.82, 2.24) is 14.9 Å². The minimum Gasteiger partial charge on any atom is -0.478 e. The largest absolute Gasteiger partial charge is 0.478 e. The number of hydrogen-bond acceptors (Lipinski definition) is 6. The van der Waals surface area contributed by atoms with E-state index in [1.54, 1.807) is 0 Å². The Morgan fingerprint density at radius 3 is 2.82 bits per heavy atom. The van der Waals surface area contributed by atoms with Crippen molar-refractivity contribution in [1.29, 1.82) is 0 Å². The zero-order valence-electron chi connectivity index (χ0n) is 12.7. The summed E-state index contributed by atoms with van der Waals surface area (Å²) in [7, 11) is 0.0415. The number of thiophene rings is 1. The summed E-state index contributed by atoms with van der Waals surface area (Å²) >= 11 is 1.06. The second-order valence-corrected chi connectivity index (χ2v) is 8.52. The summed E-state index contributed by atoms with van der Waals surface area (Å²) in [6, 6.07) is 0. The number of sulfonamides is 1. The first-order valence-electron chi connectivity index (χ1n) is 7.06. The Bertz CT molecular complexity index is 652. The number of hydrogen-bond donors (Lipinski definition) is 3. The van der Waals surface area contributed by atoms with Gasteiger partial charge in [0.2, 0.25) is 0 Å². The highest BCUT2D eigenvalue weighted by Crippen LogP contribution is 2.34. The smallest absolute Gasteiger partial charge is 0.338 e. The number of nitrogens with zero attached hydrogens (tertiary/aromatic N) is 1. The van der Waals surface area contributed by atoms with E-state index in [2.05, 4.69) is 10.0 Å². The van der Waals surface area contributed by atoms with Gasteiger partial charge in [0, 0.05) is 18.0 Å². The lowest BCUT2D eigenvalue weighted by atomic mass is 10.1. The first-order valence-corrected chi connectivity index (χ1v) is 9.36. The van der Waals surface area contributed by atoms with Gasteiger partial charge in [0.1, 0.15) is 4.21 Å². The van der Waals surface area contributed by atoms with Crippen LogP contribution in [0.4, 0.5) is 0 Å².